The third kappa shape index (κ3) is 4.90. The molecule has 5 rings (SSSR count). The van der Waals surface area contributed by atoms with Crippen molar-refractivity contribution < 1.29 is 14.6 Å². The standard InChI is InChI=1S/C32H31NO3/c1-32(2,3)24-18-23(17-21-13-15-25(16-14-21)36-20-22-9-5-4-6-10-22)30-27(19-24)29(31(34)35)26-11-7-8-12-28(26)33-30/h4-17,24H,18-20H2,1-3H3,(H,34,35). The Hall–Kier alpha value is -3.92. The van der Waals surface area contributed by atoms with Crippen LogP contribution in [0.25, 0.3) is 22.6 Å². The van der Waals surface area contributed by atoms with Crippen LogP contribution in [-0.2, 0) is 13.0 Å². The lowest BCUT2D eigenvalue weighted by atomic mass is 9.69. The molecule has 0 bridgehead atoms. The van der Waals surface area contributed by atoms with Crippen LogP contribution in [-0.4, -0.2) is 16.1 Å². The number of hydrogen-bond donors (Lipinski definition) is 1. The molecule has 36 heavy (non-hydrogen) atoms. The number of fused-ring (bicyclic) bond motifs is 2. The number of pyridine rings is 1. The van der Waals surface area contributed by atoms with E-state index in [1.165, 1.54) is 0 Å². The zero-order chi connectivity index (χ0) is 25.3. The number of carboxylic acid groups (broad SMARTS) is 1. The molecule has 3 aromatic carbocycles. The smallest absolute Gasteiger partial charge is 0.336 e. The average molecular weight is 478 g/mol. The first-order valence-corrected chi connectivity index (χ1v) is 12.4. The predicted molar refractivity (Wildman–Crippen MR) is 145 cm³/mol. The maximum absolute atomic E-state index is 12.4. The van der Waals surface area contributed by atoms with Crippen LogP contribution >= 0.6 is 0 Å². The lowest BCUT2D eigenvalue weighted by Crippen LogP contribution is -2.28. The molecule has 0 amide bonds. The van der Waals surface area contributed by atoms with E-state index in [4.69, 9.17) is 9.72 Å². The van der Waals surface area contributed by atoms with Gasteiger partial charge in [-0.25, -0.2) is 9.78 Å². The number of benzene rings is 3. The van der Waals surface area contributed by atoms with Crippen molar-refractivity contribution in [2.24, 2.45) is 11.3 Å². The maximum atomic E-state index is 12.4. The lowest BCUT2D eigenvalue weighted by Gasteiger charge is -2.36. The highest BCUT2D eigenvalue weighted by atomic mass is 16.5. The van der Waals surface area contributed by atoms with Crippen LogP contribution in [0.5, 0.6) is 5.75 Å². The third-order valence-electron chi connectivity index (χ3n) is 7.12. The van der Waals surface area contributed by atoms with E-state index in [0.29, 0.717) is 29.9 Å². The molecule has 4 nitrogen and oxygen atoms in total. The average Bonchev–Trinajstić information content (AvgIpc) is 2.87. The van der Waals surface area contributed by atoms with E-state index in [2.05, 4.69) is 26.8 Å². The van der Waals surface area contributed by atoms with Crippen molar-refractivity contribution in [3.8, 4) is 5.75 Å². The van der Waals surface area contributed by atoms with E-state index in [9.17, 15) is 9.90 Å². The molecular formula is C32H31NO3. The van der Waals surface area contributed by atoms with Crippen LogP contribution in [0.15, 0.2) is 78.9 Å². The van der Waals surface area contributed by atoms with Crippen molar-refractivity contribution in [3.05, 3.63) is 107 Å². The molecule has 182 valence electrons. The highest BCUT2D eigenvalue weighted by molar-refractivity contribution is 6.06. The van der Waals surface area contributed by atoms with Crippen LogP contribution < -0.4 is 4.74 Å². The summed E-state index contributed by atoms with van der Waals surface area (Å²) >= 11 is 0. The SMILES string of the molecule is CC(C)(C)C1CC(=Cc2ccc(OCc3ccccc3)cc2)c2nc3ccccc3c(C(=O)O)c2C1. The summed E-state index contributed by atoms with van der Waals surface area (Å²) in [4.78, 5) is 17.4. The van der Waals surface area contributed by atoms with Crippen LogP contribution in [0.3, 0.4) is 0 Å². The maximum Gasteiger partial charge on any atom is 0.336 e. The molecule has 1 atom stereocenters. The molecule has 0 aliphatic heterocycles. The predicted octanol–water partition coefficient (Wildman–Crippen LogP) is 7.66. The Labute approximate surface area is 212 Å². The summed E-state index contributed by atoms with van der Waals surface area (Å²) < 4.78 is 5.95. The normalized spacial score (nSPS) is 16.6. The highest BCUT2D eigenvalue weighted by Crippen LogP contribution is 2.44. The van der Waals surface area contributed by atoms with Gasteiger partial charge in [-0.3, -0.25) is 0 Å². The van der Waals surface area contributed by atoms with Gasteiger partial charge in [0.2, 0.25) is 0 Å². The molecular weight excluding hydrogens is 446 g/mol. The van der Waals surface area contributed by atoms with E-state index in [0.717, 1.165) is 45.6 Å². The van der Waals surface area contributed by atoms with Gasteiger partial charge in [-0.1, -0.05) is 81.4 Å². The minimum atomic E-state index is -0.890. The largest absolute Gasteiger partial charge is 0.489 e. The number of rotatable bonds is 5. The topological polar surface area (TPSA) is 59.4 Å². The number of hydrogen-bond acceptors (Lipinski definition) is 3. The molecule has 1 aromatic heterocycles. The van der Waals surface area contributed by atoms with Crippen LogP contribution in [0.2, 0.25) is 0 Å². The number of nitrogens with zero attached hydrogens (tertiary/aromatic N) is 1. The lowest BCUT2D eigenvalue weighted by molar-refractivity contribution is 0.0696. The van der Waals surface area contributed by atoms with Gasteiger partial charge in [0.05, 0.1) is 16.8 Å². The molecule has 1 N–H and O–H groups in total. The zero-order valence-corrected chi connectivity index (χ0v) is 21.0. The van der Waals surface area contributed by atoms with Crippen molar-refractivity contribution in [1.29, 1.82) is 0 Å². The Kier molecular flexibility index (Phi) is 6.36. The first-order valence-electron chi connectivity index (χ1n) is 12.4. The Morgan fingerprint density at radius 2 is 1.67 bits per heavy atom. The van der Waals surface area contributed by atoms with Crippen molar-refractivity contribution in [3.63, 3.8) is 0 Å². The highest BCUT2D eigenvalue weighted by Gasteiger charge is 2.35. The fraction of sp³-hybridized carbons (Fsp3) is 0.250. The molecule has 0 saturated heterocycles. The molecule has 0 spiro atoms. The van der Waals surface area contributed by atoms with Crippen molar-refractivity contribution in [2.45, 2.75) is 40.2 Å². The summed E-state index contributed by atoms with van der Waals surface area (Å²) in [5.74, 6) is 0.236. The number of aromatic carboxylic acids is 1. The van der Waals surface area contributed by atoms with E-state index in [-0.39, 0.29) is 5.41 Å². The zero-order valence-electron chi connectivity index (χ0n) is 21.0. The van der Waals surface area contributed by atoms with Gasteiger partial charge in [0, 0.05) is 5.39 Å². The Morgan fingerprint density at radius 1 is 0.972 bits per heavy atom. The van der Waals surface area contributed by atoms with Crippen LogP contribution in [0.1, 0.15) is 59.9 Å². The number of aromatic nitrogens is 1. The molecule has 0 fully saturated rings. The molecule has 1 heterocycles. The van der Waals surface area contributed by atoms with Crippen LogP contribution in [0, 0.1) is 11.3 Å². The molecule has 0 radical (unpaired) electrons. The van der Waals surface area contributed by atoms with Gasteiger partial charge in [0.25, 0.3) is 0 Å². The van der Waals surface area contributed by atoms with Crippen LogP contribution in [0.4, 0.5) is 0 Å². The van der Waals surface area contributed by atoms with Crippen molar-refractivity contribution >= 4 is 28.5 Å². The van der Waals surface area contributed by atoms with Gasteiger partial charge in [-0.2, -0.15) is 0 Å². The quantitative estimate of drug-likeness (QED) is 0.320. The number of allylic oxidation sites excluding steroid dienone is 1. The van der Waals surface area contributed by atoms with E-state index >= 15 is 0 Å². The van der Waals surface area contributed by atoms with Gasteiger partial charge < -0.3 is 9.84 Å². The Bertz CT molecular complexity index is 1430. The minimum absolute atomic E-state index is 0.0351. The molecule has 4 heteroatoms. The van der Waals surface area contributed by atoms with Crippen molar-refractivity contribution in [1.82, 2.24) is 4.98 Å². The second kappa shape index (κ2) is 9.62. The monoisotopic (exact) mass is 477 g/mol. The number of para-hydroxylation sites is 1. The van der Waals surface area contributed by atoms with E-state index in [1.807, 2.05) is 78.9 Å². The van der Waals surface area contributed by atoms with Gasteiger partial charge in [-0.05, 0) is 70.7 Å². The van der Waals surface area contributed by atoms with Gasteiger partial charge in [-0.15, -0.1) is 0 Å². The second-order valence-electron chi connectivity index (χ2n) is 10.6. The van der Waals surface area contributed by atoms with E-state index < -0.39 is 5.97 Å². The summed E-state index contributed by atoms with van der Waals surface area (Å²) in [6, 6.07) is 25.7. The molecule has 0 saturated carbocycles. The molecule has 1 aliphatic rings. The first-order chi connectivity index (χ1) is 17.3. The van der Waals surface area contributed by atoms with Gasteiger partial charge in [0.15, 0.2) is 0 Å². The Morgan fingerprint density at radius 3 is 2.36 bits per heavy atom. The number of ether oxygens (including phenoxy) is 1. The third-order valence-corrected chi connectivity index (χ3v) is 7.12. The molecule has 4 aromatic rings. The number of carbonyl (C=O) groups is 1. The fourth-order valence-corrected chi connectivity index (χ4v) is 4.98. The van der Waals surface area contributed by atoms with Gasteiger partial charge in [0.1, 0.15) is 12.4 Å². The van der Waals surface area contributed by atoms with Crippen molar-refractivity contribution in [2.75, 3.05) is 0 Å². The molecule has 1 unspecified atom stereocenters. The summed E-state index contributed by atoms with van der Waals surface area (Å²) in [5, 5.41) is 10.9. The summed E-state index contributed by atoms with van der Waals surface area (Å²) in [6.45, 7) is 7.22. The second-order valence-corrected chi connectivity index (χ2v) is 10.6. The summed E-state index contributed by atoms with van der Waals surface area (Å²) in [7, 11) is 0. The first kappa shape index (κ1) is 23.8. The fourth-order valence-electron chi connectivity index (χ4n) is 4.98. The van der Waals surface area contributed by atoms with Gasteiger partial charge >= 0.3 is 5.97 Å². The minimum Gasteiger partial charge on any atom is -0.489 e. The summed E-state index contributed by atoms with van der Waals surface area (Å²) in [5.41, 5.74) is 6.07. The number of carboxylic acids is 1. The molecule has 1 aliphatic carbocycles. The Balaban J connectivity index is 1.53. The summed E-state index contributed by atoms with van der Waals surface area (Å²) in [6.07, 6.45) is 3.72. The van der Waals surface area contributed by atoms with E-state index in [1.54, 1.807) is 0 Å².